The van der Waals surface area contributed by atoms with Crippen LogP contribution >= 0.6 is 22.9 Å². The molecule has 0 radical (unpaired) electrons. The lowest BCUT2D eigenvalue weighted by Gasteiger charge is -2.05. The topological polar surface area (TPSA) is 29.1 Å². The summed E-state index contributed by atoms with van der Waals surface area (Å²) < 4.78 is 0. The average Bonchev–Trinajstić information content (AvgIpc) is 3.07. The molecule has 0 saturated heterocycles. The Morgan fingerprint density at radius 2 is 1.68 bits per heavy atom. The van der Waals surface area contributed by atoms with Gasteiger partial charge < -0.3 is 5.32 Å². The molecule has 25 heavy (non-hydrogen) atoms. The SMILES string of the molecule is CC(C)Cc1ccc(-c2ccc(C(=O)Nc3ccc(Cl)cc3)s2)cc1. The van der Waals surface area contributed by atoms with Gasteiger partial charge in [-0.05, 0) is 59.9 Å². The molecule has 3 aromatic rings. The van der Waals surface area contributed by atoms with Crippen molar-refractivity contribution >= 4 is 34.5 Å². The van der Waals surface area contributed by atoms with Crippen LogP contribution in [-0.4, -0.2) is 5.91 Å². The summed E-state index contributed by atoms with van der Waals surface area (Å²) in [5, 5.41) is 3.54. The molecular formula is C21H20ClNOS. The molecule has 0 spiro atoms. The molecule has 4 heteroatoms. The van der Waals surface area contributed by atoms with Gasteiger partial charge in [-0.1, -0.05) is 49.7 Å². The lowest BCUT2D eigenvalue weighted by molar-refractivity contribution is 0.103. The molecule has 1 N–H and O–H groups in total. The van der Waals surface area contributed by atoms with Crippen LogP contribution in [0.1, 0.15) is 29.1 Å². The second-order valence-corrected chi connectivity index (χ2v) is 7.94. The molecule has 2 nitrogen and oxygen atoms in total. The largest absolute Gasteiger partial charge is 0.321 e. The number of carbonyl (C=O) groups is 1. The number of anilines is 1. The van der Waals surface area contributed by atoms with E-state index < -0.39 is 0 Å². The Hall–Kier alpha value is -2.10. The Morgan fingerprint density at radius 3 is 2.32 bits per heavy atom. The lowest BCUT2D eigenvalue weighted by Crippen LogP contribution is -2.09. The molecule has 0 saturated carbocycles. The van der Waals surface area contributed by atoms with Crippen molar-refractivity contribution in [3.63, 3.8) is 0 Å². The summed E-state index contributed by atoms with van der Waals surface area (Å²) in [5.74, 6) is 0.547. The number of benzene rings is 2. The van der Waals surface area contributed by atoms with Crippen molar-refractivity contribution < 1.29 is 4.79 Å². The first-order chi connectivity index (χ1) is 12.0. The third kappa shape index (κ3) is 4.71. The number of amides is 1. The van der Waals surface area contributed by atoms with E-state index in [2.05, 4.69) is 43.4 Å². The molecule has 128 valence electrons. The first kappa shape index (κ1) is 17.7. The molecule has 0 aliphatic rings. The van der Waals surface area contributed by atoms with E-state index in [0.717, 1.165) is 22.5 Å². The molecule has 1 aromatic heterocycles. The molecule has 1 heterocycles. The predicted molar refractivity (Wildman–Crippen MR) is 108 cm³/mol. The minimum Gasteiger partial charge on any atom is -0.321 e. The van der Waals surface area contributed by atoms with Gasteiger partial charge in [-0.2, -0.15) is 0 Å². The fourth-order valence-electron chi connectivity index (χ4n) is 2.62. The maximum atomic E-state index is 12.4. The van der Waals surface area contributed by atoms with Crippen molar-refractivity contribution in [2.45, 2.75) is 20.3 Å². The molecular weight excluding hydrogens is 350 g/mol. The minimum atomic E-state index is -0.102. The fourth-order valence-corrected chi connectivity index (χ4v) is 3.65. The number of hydrogen-bond donors (Lipinski definition) is 1. The van der Waals surface area contributed by atoms with Gasteiger partial charge in [0.1, 0.15) is 0 Å². The van der Waals surface area contributed by atoms with E-state index in [0.29, 0.717) is 15.8 Å². The van der Waals surface area contributed by atoms with E-state index in [1.807, 2.05) is 12.1 Å². The molecule has 3 rings (SSSR count). The number of halogens is 1. The van der Waals surface area contributed by atoms with Gasteiger partial charge in [0.2, 0.25) is 0 Å². The predicted octanol–water partition coefficient (Wildman–Crippen LogP) is 6.52. The van der Waals surface area contributed by atoms with Crippen LogP contribution in [0.2, 0.25) is 5.02 Å². The molecule has 0 aliphatic heterocycles. The quantitative estimate of drug-likeness (QED) is 0.545. The van der Waals surface area contributed by atoms with Gasteiger partial charge in [0.25, 0.3) is 5.91 Å². The monoisotopic (exact) mass is 369 g/mol. The highest BCUT2D eigenvalue weighted by Crippen LogP contribution is 2.29. The normalized spacial score (nSPS) is 10.9. The number of rotatable bonds is 5. The van der Waals surface area contributed by atoms with Crippen LogP contribution in [0.3, 0.4) is 0 Å². The summed E-state index contributed by atoms with van der Waals surface area (Å²) in [7, 11) is 0. The van der Waals surface area contributed by atoms with Crippen LogP contribution in [0.5, 0.6) is 0 Å². The van der Waals surface area contributed by atoms with E-state index >= 15 is 0 Å². The van der Waals surface area contributed by atoms with Crippen LogP contribution in [0.15, 0.2) is 60.7 Å². The summed E-state index contributed by atoms with van der Waals surface area (Å²) in [6.45, 7) is 4.44. The van der Waals surface area contributed by atoms with Crippen LogP contribution in [0.25, 0.3) is 10.4 Å². The fraction of sp³-hybridized carbons (Fsp3) is 0.190. The van der Waals surface area contributed by atoms with Gasteiger partial charge in [0.15, 0.2) is 0 Å². The first-order valence-electron chi connectivity index (χ1n) is 8.27. The second-order valence-electron chi connectivity index (χ2n) is 6.42. The van der Waals surface area contributed by atoms with Crippen LogP contribution in [-0.2, 0) is 6.42 Å². The number of nitrogens with one attached hydrogen (secondary N) is 1. The summed E-state index contributed by atoms with van der Waals surface area (Å²) in [6, 6.07) is 19.6. The molecule has 0 atom stereocenters. The van der Waals surface area contributed by atoms with Gasteiger partial charge in [-0.3, -0.25) is 4.79 Å². The van der Waals surface area contributed by atoms with E-state index in [-0.39, 0.29) is 5.91 Å². The molecule has 0 bridgehead atoms. The number of carbonyl (C=O) groups excluding carboxylic acids is 1. The zero-order chi connectivity index (χ0) is 17.8. The van der Waals surface area contributed by atoms with Crippen molar-refractivity contribution in [2.75, 3.05) is 5.32 Å². The van der Waals surface area contributed by atoms with Crippen molar-refractivity contribution in [3.05, 3.63) is 76.1 Å². The summed E-state index contributed by atoms with van der Waals surface area (Å²) in [6.07, 6.45) is 1.08. The summed E-state index contributed by atoms with van der Waals surface area (Å²) in [4.78, 5) is 14.2. The van der Waals surface area contributed by atoms with E-state index in [1.54, 1.807) is 24.3 Å². The van der Waals surface area contributed by atoms with Crippen molar-refractivity contribution in [3.8, 4) is 10.4 Å². The Kier molecular flexibility index (Phi) is 5.57. The Balaban J connectivity index is 1.71. The summed E-state index contributed by atoms with van der Waals surface area (Å²) >= 11 is 7.36. The Labute approximate surface area is 157 Å². The van der Waals surface area contributed by atoms with Crippen LogP contribution in [0.4, 0.5) is 5.69 Å². The zero-order valence-corrected chi connectivity index (χ0v) is 15.8. The standard InChI is InChI=1S/C21H20ClNOS/c1-14(2)13-15-3-5-16(6-4-15)19-11-12-20(25-19)21(24)23-18-9-7-17(22)8-10-18/h3-12,14H,13H2,1-2H3,(H,23,24). The van der Waals surface area contributed by atoms with Crippen LogP contribution < -0.4 is 5.32 Å². The lowest BCUT2D eigenvalue weighted by atomic mass is 10.0. The van der Waals surface area contributed by atoms with Crippen molar-refractivity contribution in [1.82, 2.24) is 0 Å². The van der Waals surface area contributed by atoms with Crippen molar-refractivity contribution in [1.29, 1.82) is 0 Å². The molecule has 1 amide bonds. The summed E-state index contributed by atoms with van der Waals surface area (Å²) in [5.41, 5.74) is 3.22. The van der Waals surface area contributed by atoms with Gasteiger partial charge >= 0.3 is 0 Å². The maximum absolute atomic E-state index is 12.4. The van der Waals surface area contributed by atoms with E-state index in [9.17, 15) is 4.79 Å². The molecule has 0 fully saturated rings. The van der Waals surface area contributed by atoms with Gasteiger partial charge in [0.05, 0.1) is 4.88 Å². The smallest absolute Gasteiger partial charge is 0.265 e. The Bertz CT molecular complexity index is 850. The third-order valence-corrected chi connectivity index (χ3v) is 5.20. The zero-order valence-electron chi connectivity index (χ0n) is 14.3. The minimum absolute atomic E-state index is 0.102. The molecule has 2 aromatic carbocycles. The average molecular weight is 370 g/mol. The highest BCUT2D eigenvalue weighted by molar-refractivity contribution is 7.17. The molecule has 0 aliphatic carbocycles. The number of thiophene rings is 1. The van der Waals surface area contributed by atoms with E-state index in [1.165, 1.54) is 16.9 Å². The van der Waals surface area contributed by atoms with E-state index in [4.69, 9.17) is 11.6 Å². The van der Waals surface area contributed by atoms with Gasteiger partial charge in [-0.15, -0.1) is 11.3 Å². The van der Waals surface area contributed by atoms with Crippen molar-refractivity contribution in [2.24, 2.45) is 5.92 Å². The maximum Gasteiger partial charge on any atom is 0.265 e. The first-order valence-corrected chi connectivity index (χ1v) is 9.47. The molecule has 0 unspecified atom stereocenters. The highest BCUT2D eigenvalue weighted by Gasteiger charge is 2.11. The van der Waals surface area contributed by atoms with Gasteiger partial charge in [-0.25, -0.2) is 0 Å². The second kappa shape index (κ2) is 7.85. The highest BCUT2D eigenvalue weighted by atomic mass is 35.5. The Morgan fingerprint density at radius 1 is 1.00 bits per heavy atom. The van der Waals surface area contributed by atoms with Crippen LogP contribution in [0, 0.1) is 5.92 Å². The third-order valence-electron chi connectivity index (χ3n) is 3.81. The number of hydrogen-bond acceptors (Lipinski definition) is 2. The van der Waals surface area contributed by atoms with Gasteiger partial charge in [0, 0.05) is 15.6 Å².